The van der Waals surface area contributed by atoms with Crippen LogP contribution in [0.1, 0.15) is 119 Å². The quantitative estimate of drug-likeness (QED) is 0.425. The summed E-state index contributed by atoms with van der Waals surface area (Å²) in [5.74, 6) is 4.02. The van der Waals surface area contributed by atoms with Crippen LogP contribution in [0.15, 0.2) is 12.2 Å². The Morgan fingerprint density at radius 1 is 0.844 bits per heavy atom. The minimum atomic E-state index is -0.0888. The van der Waals surface area contributed by atoms with E-state index in [9.17, 15) is 5.11 Å². The van der Waals surface area contributed by atoms with Gasteiger partial charge in [0, 0.05) is 0 Å². The van der Waals surface area contributed by atoms with Gasteiger partial charge in [0.2, 0.25) is 0 Å². The molecule has 182 valence electrons. The average Bonchev–Trinajstić information content (AvgIpc) is 3.31. The van der Waals surface area contributed by atoms with E-state index in [-0.39, 0.29) is 11.5 Å². The van der Waals surface area contributed by atoms with Gasteiger partial charge in [-0.25, -0.2) is 0 Å². The molecule has 1 nitrogen and oxygen atoms in total. The van der Waals surface area contributed by atoms with Gasteiger partial charge < -0.3 is 5.11 Å². The molecule has 0 heterocycles. The molecule has 0 amide bonds. The molecule has 32 heavy (non-hydrogen) atoms. The van der Waals surface area contributed by atoms with E-state index in [1.54, 1.807) is 0 Å². The van der Waals surface area contributed by atoms with Crippen molar-refractivity contribution in [3.63, 3.8) is 0 Å². The van der Waals surface area contributed by atoms with Crippen molar-refractivity contribution in [3.05, 3.63) is 12.2 Å². The monoisotopic (exact) mass is 440 g/mol. The molecule has 0 bridgehead atoms. The van der Waals surface area contributed by atoms with Gasteiger partial charge in [-0.15, -0.1) is 0 Å². The molecular weight excluding hydrogens is 388 g/mol. The normalized spacial score (nSPS) is 51.9. The van der Waals surface area contributed by atoms with E-state index < -0.39 is 0 Å². The Labute approximate surface area is 199 Å². The lowest BCUT2D eigenvalue weighted by molar-refractivity contribution is -0.161. The van der Waals surface area contributed by atoms with Crippen LogP contribution in [0.4, 0.5) is 0 Å². The van der Waals surface area contributed by atoms with Crippen LogP contribution in [-0.2, 0) is 0 Å². The first-order valence-electron chi connectivity index (χ1n) is 14.2. The molecule has 0 aromatic carbocycles. The topological polar surface area (TPSA) is 20.2 Å². The van der Waals surface area contributed by atoms with Crippen molar-refractivity contribution in [3.8, 4) is 0 Å². The summed E-state index contributed by atoms with van der Waals surface area (Å²) in [6.45, 7) is 21.8. The van der Waals surface area contributed by atoms with Crippen LogP contribution in [0, 0.1) is 56.7 Å². The van der Waals surface area contributed by atoms with Gasteiger partial charge in [0.15, 0.2) is 0 Å². The first-order valence-corrected chi connectivity index (χ1v) is 14.2. The van der Waals surface area contributed by atoms with E-state index in [0.717, 1.165) is 30.1 Å². The smallest absolute Gasteiger partial charge is 0.0594 e. The van der Waals surface area contributed by atoms with E-state index in [4.69, 9.17) is 0 Å². The van der Waals surface area contributed by atoms with E-state index in [1.165, 1.54) is 69.8 Å². The summed E-state index contributed by atoms with van der Waals surface area (Å²) in [6, 6.07) is 0. The highest BCUT2D eigenvalue weighted by molar-refractivity contribution is 5.30. The number of fused-ring (bicyclic) bond motifs is 2. The highest BCUT2D eigenvalue weighted by Crippen LogP contribution is 2.89. The van der Waals surface area contributed by atoms with Crippen molar-refractivity contribution in [1.82, 2.24) is 0 Å². The lowest BCUT2D eigenvalue weighted by Gasteiger charge is -2.63. The maximum atomic E-state index is 10.9. The third-order valence-corrected chi connectivity index (χ3v) is 13.6. The predicted octanol–water partition coefficient (Wildman–Crippen LogP) is 8.41. The average molecular weight is 441 g/mol. The Kier molecular flexibility index (Phi) is 5.21. The van der Waals surface area contributed by atoms with Crippen molar-refractivity contribution in [1.29, 1.82) is 0 Å². The number of aliphatic hydroxyl groups excluding tert-OH is 1. The molecular formula is C31H52O. The molecule has 9 atom stereocenters. The second kappa shape index (κ2) is 7.11. The molecule has 1 heteroatoms. The highest BCUT2D eigenvalue weighted by Gasteiger charge is 2.82. The molecule has 2 spiro atoms. The Balaban J connectivity index is 1.39. The van der Waals surface area contributed by atoms with E-state index in [0.29, 0.717) is 27.6 Å². The van der Waals surface area contributed by atoms with Crippen LogP contribution in [0.3, 0.4) is 0 Å². The summed E-state index contributed by atoms with van der Waals surface area (Å²) in [4.78, 5) is 0. The molecule has 5 aliphatic rings. The Morgan fingerprint density at radius 2 is 1.50 bits per heavy atom. The molecule has 2 unspecified atom stereocenters. The number of hydrogen-bond donors (Lipinski definition) is 1. The zero-order valence-electron chi connectivity index (χ0n) is 22.4. The van der Waals surface area contributed by atoms with Crippen LogP contribution in [0.25, 0.3) is 0 Å². The van der Waals surface area contributed by atoms with Crippen molar-refractivity contribution in [2.75, 3.05) is 0 Å². The Hall–Kier alpha value is -0.300. The van der Waals surface area contributed by atoms with Gasteiger partial charge >= 0.3 is 0 Å². The van der Waals surface area contributed by atoms with Gasteiger partial charge in [-0.1, -0.05) is 60.6 Å². The molecule has 0 radical (unpaired) electrons. The maximum absolute atomic E-state index is 10.9. The third-order valence-electron chi connectivity index (χ3n) is 13.6. The van der Waals surface area contributed by atoms with Crippen LogP contribution in [-0.4, -0.2) is 11.2 Å². The van der Waals surface area contributed by atoms with Crippen LogP contribution >= 0.6 is 0 Å². The molecule has 0 aromatic heterocycles. The molecule has 0 saturated heterocycles. The highest BCUT2D eigenvalue weighted by atomic mass is 16.3. The predicted molar refractivity (Wildman–Crippen MR) is 135 cm³/mol. The summed E-state index contributed by atoms with van der Waals surface area (Å²) < 4.78 is 0. The van der Waals surface area contributed by atoms with E-state index >= 15 is 0 Å². The molecule has 0 aromatic rings. The fourth-order valence-electron chi connectivity index (χ4n) is 11.2. The standard InChI is InChI=1S/C31H52O/c1-20(2)21(3)9-10-22(4)23-13-15-29(8)25-12-11-24-27(5,6)26(32)14-16-30(24)19-31(25,30)18-17-28(23,29)7/h20,22-26,32H,3,9-19H2,1-2,4-8H3/t22?,23-,24+,25+,26?,28-,29+,30-,31+/m1/s1. The second-order valence-electron chi connectivity index (χ2n) is 14.9. The summed E-state index contributed by atoms with van der Waals surface area (Å²) in [5.41, 5.74) is 3.79. The van der Waals surface area contributed by atoms with Gasteiger partial charge in [0.1, 0.15) is 0 Å². The van der Waals surface area contributed by atoms with E-state index in [2.05, 4.69) is 55.0 Å². The summed E-state index contributed by atoms with van der Waals surface area (Å²) in [6.07, 6.45) is 15.0. The van der Waals surface area contributed by atoms with Crippen LogP contribution in [0.5, 0.6) is 0 Å². The first kappa shape index (κ1) is 23.4. The minimum Gasteiger partial charge on any atom is -0.393 e. The molecule has 5 aliphatic carbocycles. The molecule has 5 rings (SSSR count). The van der Waals surface area contributed by atoms with Gasteiger partial charge in [-0.05, 0) is 127 Å². The zero-order valence-corrected chi connectivity index (χ0v) is 22.4. The number of rotatable bonds is 5. The summed E-state index contributed by atoms with van der Waals surface area (Å²) >= 11 is 0. The third kappa shape index (κ3) is 2.73. The van der Waals surface area contributed by atoms with Crippen molar-refractivity contribution in [2.24, 2.45) is 56.7 Å². The first-order chi connectivity index (χ1) is 14.9. The Bertz CT molecular complexity index is 779. The van der Waals surface area contributed by atoms with Gasteiger partial charge in [0.25, 0.3) is 0 Å². The van der Waals surface area contributed by atoms with Gasteiger partial charge in [-0.3, -0.25) is 0 Å². The van der Waals surface area contributed by atoms with Crippen LogP contribution in [0.2, 0.25) is 0 Å². The minimum absolute atomic E-state index is 0.0888. The largest absolute Gasteiger partial charge is 0.393 e. The molecule has 1 N–H and O–H groups in total. The van der Waals surface area contributed by atoms with Crippen molar-refractivity contribution < 1.29 is 5.11 Å². The fraction of sp³-hybridized carbons (Fsp3) is 0.935. The molecule has 5 fully saturated rings. The summed E-state index contributed by atoms with van der Waals surface area (Å²) in [5, 5.41) is 10.9. The van der Waals surface area contributed by atoms with Gasteiger partial charge in [0.05, 0.1) is 6.10 Å². The summed E-state index contributed by atoms with van der Waals surface area (Å²) in [7, 11) is 0. The van der Waals surface area contributed by atoms with E-state index in [1.807, 2.05) is 0 Å². The fourth-order valence-corrected chi connectivity index (χ4v) is 11.2. The lowest BCUT2D eigenvalue weighted by Crippen LogP contribution is -2.57. The van der Waals surface area contributed by atoms with Crippen molar-refractivity contribution in [2.45, 2.75) is 125 Å². The van der Waals surface area contributed by atoms with Gasteiger partial charge in [-0.2, -0.15) is 0 Å². The zero-order chi connectivity index (χ0) is 23.3. The number of hydrogen-bond acceptors (Lipinski definition) is 1. The van der Waals surface area contributed by atoms with Crippen LogP contribution < -0.4 is 0 Å². The number of aliphatic hydroxyl groups is 1. The molecule has 0 aliphatic heterocycles. The Morgan fingerprint density at radius 3 is 2.19 bits per heavy atom. The SMILES string of the molecule is C=C(CCC(C)[C@H]1CC[C@@]2(C)[C@@H]3CC[C@H]4C(C)(C)C(O)CC[C@@]45C[C@@]35CC[C@]12C)C(C)C. The second-order valence-corrected chi connectivity index (χ2v) is 14.9. The maximum Gasteiger partial charge on any atom is 0.0594 e. The molecule has 5 saturated carbocycles. The number of allylic oxidation sites excluding steroid dienone is 1. The van der Waals surface area contributed by atoms with Crippen molar-refractivity contribution >= 4 is 0 Å². The lowest BCUT2D eigenvalue weighted by atomic mass is 9.41.